The van der Waals surface area contributed by atoms with E-state index in [0.29, 0.717) is 0 Å². The minimum Gasteiger partial charge on any atom is -0.386 e. The fourth-order valence-electron chi connectivity index (χ4n) is 1.05. The van der Waals surface area contributed by atoms with Crippen LogP contribution in [0, 0.1) is 0 Å². The first-order chi connectivity index (χ1) is 5.68. The van der Waals surface area contributed by atoms with Crippen molar-refractivity contribution >= 4 is 18.9 Å². The third-order valence-corrected chi connectivity index (χ3v) is 5.60. The molecule has 0 amide bonds. The number of halogens is 1. The van der Waals surface area contributed by atoms with Crippen molar-refractivity contribution in [1.82, 2.24) is 0 Å². The van der Waals surface area contributed by atoms with Gasteiger partial charge in [-0.05, 0) is 0 Å². The largest absolute Gasteiger partial charge is 0.442 e. The zero-order chi connectivity index (χ0) is 9.45. The fourth-order valence-corrected chi connectivity index (χ4v) is 2.70. The van der Waals surface area contributed by atoms with E-state index in [2.05, 4.69) is 6.92 Å². The summed E-state index contributed by atoms with van der Waals surface area (Å²) in [5, 5.41) is 0. The van der Waals surface area contributed by atoms with E-state index in [0.717, 1.165) is 12.5 Å². The summed E-state index contributed by atoms with van der Waals surface area (Å²) in [6, 6.07) is 0.890. The van der Waals surface area contributed by atoms with E-state index in [1.54, 1.807) is 14.2 Å². The Kier molecular flexibility index (Phi) is 7.14. The molecule has 0 aliphatic carbocycles. The Morgan fingerprint density at radius 3 is 2.08 bits per heavy atom. The van der Waals surface area contributed by atoms with Crippen LogP contribution in [-0.4, -0.2) is 22.1 Å². The second kappa shape index (κ2) is 6.89. The number of rotatable bonds is 7. The molecule has 0 unspecified atom stereocenters. The van der Waals surface area contributed by atoms with Crippen LogP contribution in [0.1, 0.15) is 32.6 Å². The van der Waals surface area contributed by atoms with Crippen molar-refractivity contribution in [3.05, 3.63) is 0 Å². The van der Waals surface area contributed by atoms with Crippen LogP contribution in [0.5, 0.6) is 0 Å². The van der Waals surface area contributed by atoms with Crippen LogP contribution in [0.25, 0.3) is 0 Å². The SMILES string of the molecule is CCCCCC[Si](Cl)(OC)OC. The Morgan fingerprint density at radius 1 is 1.08 bits per heavy atom. The standard InChI is InChI=1S/C8H19ClO2Si/c1-4-5-6-7-8-12(9,10-2)11-3/h4-8H2,1-3H3. The Bertz CT molecular complexity index is 107. The van der Waals surface area contributed by atoms with Crippen LogP contribution in [0.15, 0.2) is 0 Å². The van der Waals surface area contributed by atoms with Gasteiger partial charge in [-0.2, -0.15) is 0 Å². The van der Waals surface area contributed by atoms with Gasteiger partial charge in [-0.15, -0.1) is 0 Å². The quantitative estimate of drug-likeness (QED) is 0.365. The molecule has 0 spiro atoms. The lowest BCUT2D eigenvalue weighted by Crippen LogP contribution is -2.32. The summed E-state index contributed by atoms with van der Waals surface area (Å²) in [4.78, 5) is 0. The zero-order valence-corrected chi connectivity index (χ0v) is 9.99. The van der Waals surface area contributed by atoms with E-state index in [9.17, 15) is 0 Å². The Balaban J connectivity index is 3.45. The monoisotopic (exact) mass is 210 g/mol. The van der Waals surface area contributed by atoms with Crippen molar-refractivity contribution in [2.24, 2.45) is 0 Å². The molecule has 0 N–H and O–H groups in total. The molecule has 0 aromatic carbocycles. The molecule has 74 valence electrons. The van der Waals surface area contributed by atoms with Gasteiger partial charge in [0.1, 0.15) is 0 Å². The molecule has 0 atom stereocenters. The first-order valence-corrected chi connectivity index (χ1v) is 7.51. The highest BCUT2D eigenvalue weighted by Crippen LogP contribution is 2.20. The maximum absolute atomic E-state index is 6.08. The highest BCUT2D eigenvalue weighted by atomic mass is 35.6. The summed E-state index contributed by atoms with van der Waals surface area (Å²) in [5.74, 6) is 0. The van der Waals surface area contributed by atoms with Gasteiger partial charge < -0.3 is 8.85 Å². The highest BCUT2D eigenvalue weighted by Gasteiger charge is 2.32. The number of hydrogen-bond donors (Lipinski definition) is 0. The Morgan fingerprint density at radius 2 is 1.67 bits per heavy atom. The van der Waals surface area contributed by atoms with Gasteiger partial charge >= 0.3 is 7.87 Å². The second-order valence-corrected chi connectivity index (χ2v) is 7.24. The van der Waals surface area contributed by atoms with Crippen molar-refractivity contribution in [3.8, 4) is 0 Å². The van der Waals surface area contributed by atoms with Crippen LogP contribution in [0.4, 0.5) is 0 Å². The molecule has 0 saturated heterocycles. The molecule has 0 radical (unpaired) electrons. The number of hydrogen-bond acceptors (Lipinski definition) is 2. The fraction of sp³-hybridized carbons (Fsp3) is 1.00. The predicted molar refractivity (Wildman–Crippen MR) is 54.6 cm³/mol. The van der Waals surface area contributed by atoms with Crippen molar-refractivity contribution in [1.29, 1.82) is 0 Å². The molecular formula is C8H19ClO2Si. The molecule has 0 aromatic heterocycles. The second-order valence-electron chi connectivity index (χ2n) is 2.88. The summed E-state index contributed by atoms with van der Waals surface area (Å²) >= 11 is 6.08. The third kappa shape index (κ3) is 5.14. The summed E-state index contributed by atoms with van der Waals surface area (Å²) in [6.07, 6.45) is 4.86. The van der Waals surface area contributed by atoms with E-state index in [-0.39, 0.29) is 0 Å². The first kappa shape index (κ1) is 12.4. The van der Waals surface area contributed by atoms with E-state index < -0.39 is 7.87 Å². The van der Waals surface area contributed by atoms with Gasteiger partial charge in [-0.3, -0.25) is 0 Å². The molecule has 0 heterocycles. The van der Waals surface area contributed by atoms with Gasteiger partial charge in [0.2, 0.25) is 0 Å². The predicted octanol–water partition coefficient (Wildman–Crippen LogP) is 3.04. The van der Waals surface area contributed by atoms with E-state index >= 15 is 0 Å². The van der Waals surface area contributed by atoms with Crippen LogP contribution >= 0.6 is 11.1 Å². The minimum absolute atomic E-state index is 0.890. The molecule has 0 aromatic rings. The van der Waals surface area contributed by atoms with Crippen molar-refractivity contribution < 1.29 is 8.85 Å². The van der Waals surface area contributed by atoms with Gasteiger partial charge in [0.15, 0.2) is 0 Å². The molecule has 0 aliphatic rings. The Hall–Kier alpha value is 0.427. The van der Waals surface area contributed by atoms with E-state index in [4.69, 9.17) is 19.9 Å². The lowest BCUT2D eigenvalue weighted by Gasteiger charge is -2.18. The summed E-state index contributed by atoms with van der Waals surface area (Å²) in [7, 11) is 0.980. The van der Waals surface area contributed by atoms with Crippen molar-refractivity contribution in [2.45, 2.75) is 38.7 Å². The van der Waals surface area contributed by atoms with Gasteiger partial charge in [0, 0.05) is 20.3 Å². The Labute approximate surface area is 81.2 Å². The van der Waals surface area contributed by atoms with Crippen molar-refractivity contribution in [2.75, 3.05) is 14.2 Å². The van der Waals surface area contributed by atoms with Gasteiger partial charge in [0.25, 0.3) is 0 Å². The van der Waals surface area contributed by atoms with Crippen LogP contribution in [0.2, 0.25) is 6.04 Å². The maximum Gasteiger partial charge on any atom is 0.442 e. The smallest absolute Gasteiger partial charge is 0.386 e. The molecule has 0 rings (SSSR count). The lowest BCUT2D eigenvalue weighted by atomic mass is 10.2. The molecule has 0 saturated carbocycles. The molecule has 12 heavy (non-hydrogen) atoms. The number of unbranched alkanes of at least 4 members (excludes halogenated alkanes) is 3. The minimum atomic E-state index is -2.28. The molecule has 4 heteroatoms. The van der Waals surface area contributed by atoms with E-state index in [1.807, 2.05) is 0 Å². The van der Waals surface area contributed by atoms with Gasteiger partial charge in [-0.25, -0.2) is 0 Å². The maximum atomic E-state index is 6.08. The topological polar surface area (TPSA) is 18.5 Å². The summed E-state index contributed by atoms with van der Waals surface area (Å²) < 4.78 is 10.3. The van der Waals surface area contributed by atoms with Gasteiger partial charge in [0.05, 0.1) is 0 Å². The molecule has 0 bridgehead atoms. The summed E-state index contributed by atoms with van der Waals surface area (Å²) in [5.41, 5.74) is 0. The van der Waals surface area contributed by atoms with Gasteiger partial charge in [-0.1, -0.05) is 43.7 Å². The van der Waals surface area contributed by atoms with Crippen LogP contribution in [-0.2, 0) is 8.85 Å². The first-order valence-electron chi connectivity index (χ1n) is 4.47. The summed E-state index contributed by atoms with van der Waals surface area (Å²) in [6.45, 7) is 2.19. The lowest BCUT2D eigenvalue weighted by molar-refractivity contribution is 0.264. The molecular weight excluding hydrogens is 192 g/mol. The van der Waals surface area contributed by atoms with E-state index in [1.165, 1.54) is 19.3 Å². The molecule has 0 aliphatic heterocycles. The average molecular weight is 211 g/mol. The van der Waals surface area contributed by atoms with Crippen LogP contribution in [0.3, 0.4) is 0 Å². The van der Waals surface area contributed by atoms with Crippen LogP contribution < -0.4 is 0 Å². The normalized spacial score (nSPS) is 12.0. The average Bonchev–Trinajstić information content (AvgIpc) is 2.12. The molecule has 2 nitrogen and oxygen atoms in total. The highest BCUT2D eigenvalue weighted by molar-refractivity contribution is 7.12. The third-order valence-electron chi connectivity index (χ3n) is 1.94. The van der Waals surface area contributed by atoms with Crippen molar-refractivity contribution in [3.63, 3.8) is 0 Å². The zero-order valence-electron chi connectivity index (χ0n) is 8.23. The molecule has 0 fully saturated rings.